The lowest BCUT2D eigenvalue weighted by Crippen LogP contribution is -2.52. The van der Waals surface area contributed by atoms with Crippen LogP contribution in [0.1, 0.15) is 11.1 Å². The molecule has 0 saturated carbocycles. The molecule has 0 N–H and O–H groups in total. The summed E-state index contributed by atoms with van der Waals surface area (Å²) >= 11 is 1.46. The van der Waals surface area contributed by atoms with E-state index in [0.717, 1.165) is 35.1 Å². The molecule has 2 aliphatic heterocycles. The molecule has 0 radical (unpaired) electrons. The van der Waals surface area contributed by atoms with Crippen LogP contribution in [0.5, 0.6) is 0 Å². The lowest BCUT2D eigenvalue weighted by atomic mass is 10.1. The van der Waals surface area contributed by atoms with Crippen molar-refractivity contribution in [3.05, 3.63) is 89.0 Å². The SMILES string of the molecule is Cc1ccc(/C=C2/Sc3ccccc3N(CC(=O)N3CCN(c4ccccn4)CC3)C2=O)cc1. The predicted molar refractivity (Wildman–Crippen MR) is 137 cm³/mol. The van der Waals surface area contributed by atoms with E-state index in [-0.39, 0.29) is 18.4 Å². The van der Waals surface area contributed by atoms with Crippen molar-refractivity contribution in [2.45, 2.75) is 11.8 Å². The van der Waals surface area contributed by atoms with Gasteiger partial charge < -0.3 is 9.80 Å². The maximum atomic E-state index is 13.5. The molecule has 1 fully saturated rings. The Kier molecular flexibility index (Phi) is 6.36. The monoisotopic (exact) mass is 470 g/mol. The van der Waals surface area contributed by atoms with Crippen molar-refractivity contribution in [2.75, 3.05) is 42.5 Å². The van der Waals surface area contributed by atoms with Gasteiger partial charge in [-0.05, 0) is 42.8 Å². The van der Waals surface area contributed by atoms with Crippen LogP contribution >= 0.6 is 11.8 Å². The van der Waals surface area contributed by atoms with Gasteiger partial charge >= 0.3 is 0 Å². The number of benzene rings is 2. The van der Waals surface area contributed by atoms with Crippen LogP contribution in [0.4, 0.5) is 11.5 Å². The van der Waals surface area contributed by atoms with E-state index in [1.165, 1.54) is 17.3 Å². The van der Waals surface area contributed by atoms with Crippen LogP contribution in [0.3, 0.4) is 0 Å². The number of pyridine rings is 1. The maximum absolute atomic E-state index is 13.5. The lowest BCUT2D eigenvalue weighted by Gasteiger charge is -2.37. The van der Waals surface area contributed by atoms with E-state index >= 15 is 0 Å². The number of amides is 2. The van der Waals surface area contributed by atoms with Gasteiger partial charge in [-0.3, -0.25) is 14.5 Å². The molecule has 7 heteroatoms. The smallest absolute Gasteiger partial charge is 0.265 e. The second-order valence-corrected chi connectivity index (χ2v) is 9.52. The number of carbonyl (C=O) groups excluding carboxylic acids is 2. The molecular weight excluding hydrogens is 444 g/mol. The number of fused-ring (bicyclic) bond motifs is 1. The second kappa shape index (κ2) is 9.73. The number of piperazine rings is 1. The van der Waals surface area contributed by atoms with Crippen LogP contribution in [0.25, 0.3) is 6.08 Å². The van der Waals surface area contributed by atoms with Crippen molar-refractivity contribution in [1.82, 2.24) is 9.88 Å². The van der Waals surface area contributed by atoms with E-state index in [4.69, 9.17) is 0 Å². The Bertz CT molecular complexity index is 1220. The second-order valence-electron chi connectivity index (χ2n) is 8.44. The van der Waals surface area contributed by atoms with Crippen LogP contribution in [-0.2, 0) is 9.59 Å². The average molecular weight is 471 g/mol. The number of nitrogens with zero attached hydrogens (tertiary/aromatic N) is 4. The third-order valence-electron chi connectivity index (χ3n) is 6.11. The van der Waals surface area contributed by atoms with Crippen molar-refractivity contribution in [3.8, 4) is 0 Å². The molecule has 0 bridgehead atoms. The van der Waals surface area contributed by atoms with Gasteiger partial charge in [0.25, 0.3) is 5.91 Å². The standard InChI is InChI=1S/C27H26N4O2S/c1-20-9-11-21(12-10-20)18-24-27(33)31(22-6-2-3-7-23(22)34-24)19-26(32)30-16-14-29(15-17-30)25-8-4-5-13-28-25/h2-13,18H,14-17,19H2,1H3/b24-18+. The maximum Gasteiger partial charge on any atom is 0.265 e. The van der Waals surface area contributed by atoms with Gasteiger partial charge in [0.2, 0.25) is 5.91 Å². The van der Waals surface area contributed by atoms with Crippen LogP contribution in [0.15, 0.2) is 82.7 Å². The molecule has 1 saturated heterocycles. The van der Waals surface area contributed by atoms with E-state index in [0.29, 0.717) is 18.0 Å². The van der Waals surface area contributed by atoms with Crippen molar-refractivity contribution < 1.29 is 9.59 Å². The highest BCUT2D eigenvalue weighted by molar-refractivity contribution is 8.04. The summed E-state index contributed by atoms with van der Waals surface area (Å²) in [6.45, 7) is 4.74. The largest absolute Gasteiger partial charge is 0.353 e. The van der Waals surface area contributed by atoms with Crippen molar-refractivity contribution in [2.24, 2.45) is 0 Å². The summed E-state index contributed by atoms with van der Waals surface area (Å²) in [7, 11) is 0. The number of aryl methyl sites for hydroxylation is 1. The first kappa shape index (κ1) is 22.2. The highest BCUT2D eigenvalue weighted by Crippen LogP contribution is 2.42. The quantitative estimate of drug-likeness (QED) is 0.535. The van der Waals surface area contributed by atoms with Gasteiger partial charge in [0, 0.05) is 37.3 Å². The Labute approximate surface area is 203 Å². The first-order chi connectivity index (χ1) is 16.6. The normalized spacial score (nSPS) is 17.1. The molecule has 3 heterocycles. The first-order valence-electron chi connectivity index (χ1n) is 11.4. The fraction of sp³-hybridized carbons (Fsp3) is 0.222. The first-order valence-corrected chi connectivity index (χ1v) is 12.2. The molecule has 2 aliphatic rings. The number of anilines is 2. The van der Waals surface area contributed by atoms with Gasteiger partial charge in [-0.15, -0.1) is 0 Å². The molecule has 1 aromatic heterocycles. The van der Waals surface area contributed by atoms with Crippen molar-refractivity contribution in [1.29, 1.82) is 0 Å². The molecular formula is C27H26N4O2S. The average Bonchev–Trinajstić information content (AvgIpc) is 2.88. The Morgan fingerprint density at radius 1 is 0.971 bits per heavy atom. The molecule has 0 spiro atoms. The van der Waals surface area contributed by atoms with Gasteiger partial charge in [0.15, 0.2) is 0 Å². The van der Waals surface area contributed by atoms with Crippen molar-refractivity contribution >= 4 is 41.2 Å². The highest BCUT2D eigenvalue weighted by Gasteiger charge is 2.32. The van der Waals surface area contributed by atoms with Gasteiger partial charge in [-0.2, -0.15) is 0 Å². The summed E-state index contributed by atoms with van der Waals surface area (Å²) in [5.74, 6) is 0.757. The van der Waals surface area contributed by atoms with E-state index < -0.39 is 0 Å². The minimum absolute atomic E-state index is 0.0330. The number of rotatable bonds is 4. The molecule has 34 heavy (non-hydrogen) atoms. The number of aromatic nitrogens is 1. The third kappa shape index (κ3) is 4.70. The summed E-state index contributed by atoms with van der Waals surface area (Å²) in [6.07, 6.45) is 3.69. The molecule has 172 valence electrons. The Balaban J connectivity index is 1.32. The predicted octanol–water partition coefficient (Wildman–Crippen LogP) is 4.22. The van der Waals surface area contributed by atoms with E-state index in [2.05, 4.69) is 9.88 Å². The minimum Gasteiger partial charge on any atom is -0.353 e. The van der Waals surface area contributed by atoms with E-state index in [1.807, 2.05) is 84.6 Å². The van der Waals surface area contributed by atoms with Gasteiger partial charge in [-0.1, -0.05) is 59.8 Å². The van der Waals surface area contributed by atoms with Gasteiger partial charge in [0.05, 0.1) is 10.6 Å². The molecule has 6 nitrogen and oxygen atoms in total. The minimum atomic E-state index is -0.134. The van der Waals surface area contributed by atoms with Gasteiger partial charge in [0.1, 0.15) is 12.4 Å². The summed E-state index contributed by atoms with van der Waals surface area (Å²) < 4.78 is 0. The molecule has 5 rings (SSSR count). The zero-order valence-corrected chi connectivity index (χ0v) is 19.9. The van der Waals surface area contributed by atoms with E-state index in [1.54, 1.807) is 11.1 Å². The van der Waals surface area contributed by atoms with Crippen LogP contribution in [0, 0.1) is 6.92 Å². The Morgan fingerprint density at radius 2 is 1.71 bits per heavy atom. The van der Waals surface area contributed by atoms with Crippen LogP contribution < -0.4 is 9.80 Å². The summed E-state index contributed by atoms with van der Waals surface area (Å²) in [6, 6.07) is 21.7. The molecule has 0 unspecified atom stereocenters. The van der Waals surface area contributed by atoms with Crippen LogP contribution in [0.2, 0.25) is 0 Å². The fourth-order valence-electron chi connectivity index (χ4n) is 4.19. The molecule has 3 aromatic rings. The number of hydrogen-bond donors (Lipinski definition) is 0. The zero-order valence-electron chi connectivity index (χ0n) is 19.1. The topological polar surface area (TPSA) is 56.8 Å². The molecule has 0 aliphatic carbocycles. The number of hydrogen-bond acceptors (Lipinski definition) is 5. The van der Waals surface area contributed by atoms with Gasteiger partial charge in [-0.25, -0.2) is 4.98 Å². The van der Waals surface area contributed by atoms with Crippen molar-refractivity contribution in [3.63, 3.8) is 0 Å². The summed E-state index contributed by atoms with van der Waals surface area (Å²) in [5.41, 5.74) is 2.93. The fourth-order valence-corrected chi connectivity index (χ4v) is 5.25. The Morgan fingerprint density at radius 3 is 2.44 bits per heavy atom. The van der Waals surface area contributed by atoms with E-state index in [9.17, 15) is 9.59 Å². The number of thioether (sulfide) groups is 1. The highest BCUT2D eigenvalue weighted by atomic mass is 32.2. The molecule has 0 atom stereocenters. The lowest BCUT2D eigenvalue weighted by molar-refractivity contribution is -0.131. The Hall–Kier alpha value is -3.58. The summed E-state index contributed by atoms with van der Waals surface area (Å²) in [5, 5.41) is 0. The number of para-hydroxylation sites is 1. The third-order valence-corrected chi connectivity index (χ3v) is 7.18. The van der Waals surface area contributed by atoms with Crippen LogP contribution in [-0.4, -0.2) is 54.4 Å². The zero-order chi connectivity index (χ0) is 23.5. The molecule has 2 amide bonds. The summed E-state index contributed by atoms with van der Waals surface area (Å²) in [4.78, 5) is 38.4. The number of carbonyl (C=O) groups is 2. The molecule has 2 aromatic carbocycles.